The summed E-state index contributed by atoms with van der Waals surface area (Å²) in [6.45, 7) is -0.0635. The van der Waals surface area contributed by atoms with Crippen LogP contribution in [0.2, 0.25) is 0 Å². The van der Waals surface area contributed by atoms with Crippen molar-refractivity contribution in [3.8, 4) is 0 Å². The number of nitrogens with one attached hydrogen (secondary N) is 1. The van der Waals surface area contributed by atoms with E-state index in [0.29, 0.717) is 5.69 Å². The molecule has 16 heavy (non-hydrogen) atoms. The van der Waals surface area contributed by atoms with Crippen LogP contribution in [0.1, 0.15) is 16.1 Å². The van der Waals surface area contributed by atoms with Crippen molar-refractivity contribution in [2.75, 3.05) is 5.32 Å². The average molecular weight is 218 g/mol. The molecule has 5 heteroatoms. The molecule has 82 valence electrons. The molecule has 0 spiro atoms. The summed E-state index contributed by atoms with van der Waals surface area (Å²) >= 11 is 0. The largest absolute Gasteiger partial charge is 0.392 e. The Bertz CT molecular complexity index is 480. The summed E-state index contributed by atoms with van der Waals surface area (Å²) < 4.78 is 4.71. The number of rotatable bonds is 3. The van der Waals surface area contributed by atoms with E-state index >= 15 is 0 Å². The lowest BCUT2D eigenvalue weighted by molar-refractivity contribution is 0.0988. The van der Waals surface area contributed by atoms with Gasteiger partial charge in [0, 0.05) is 11.8 Å². The number of nitrogens with zero attached hydrogens (tertiary/aromatic N) is 1. The van der Waals surface area contributed by atoms with Gasteiger partial charge in [-0.3, -0.25) is 4.79 Å². The van der Waals surface area contributed by atoms with Gasteiger partial charge in [-0.15, -0.1) is 0 Å². The van der Waals surface area contributed by atoms with Gasteiger partial charge in [0.15, 0.2) is 0 Å². The van der Waals surface area contributed by atoms with E-state index in [9.17, 15) is 4.79 Å². The number of amides is 1. The van der Waals surface area contributed by atoms with Crippen molar-refractivity contribution in [2.45, 2.75) is 6.61 Å². The van der Waals surface area contributed by atoms with Gasteiger partial charge in [0.25, 0.3) is 5.91 Å². The molecular formula is C11H10N2O3. The van der Waals surface area contributed by atoms with Crippen LogP contribution in [0.5, 0.6) is 0 Å². The molecule has 0 bridgehead atoms. The van der Waals surface area contributed by atoms with Crippen LogP contribution in [0.25, 0.3) is 0 Å². The van der Waals surface area contributed by atoms with Crippen LogP contribution in [0.3, 0.4) is 0 Å². The van der Waals surface area contributed by atoms with Crippen LogP contribution in [-0.4, -0.2) is 16.2 Å². The standard InChI is InChI=1S/C11H10N2O3/c14-7-8-2-1-3-9(6-8)13-11(15)10-4-5-12-16-10/h1-6,14H,7H2,(H,13,15). The molecule has 1 aromatic carbocycles. The molecule has 2 N–H and O–H groups in total. The lowest BCUT2D eigenvalue weighted by atomic mass is 10.2. The molecule has 0 aliphatic heterocycles. The molecule has 2 rings (SSSR count). The fraction of sp³-hybridized carbons (Fsp3) is 0.0909. The summed E-state index contributed by atoms with van der Waals surface area (Å²) in [7, 11) is 0. The van der Waals surface area contributed by atoms with Crippen molar-refractivity contribution >= 4 is 11.6 Å². The number of hydrogen-bond acceptors (Lipinski definition) is 4. The first kappa shape index (κ1) is 10.4. The van der Waals surface area contributed by atoms with Gasteiger partial charge in [0.05, 0.1) is 12.8 Å². The zero-order chi connectivity index (χ0) is 11.4. The second-order valence-corrected chi connectivity index (χ2v) is 3.19. The molecule has 1 amide bonds. The first-order chi connectivity index (χ1) is 7.79. The van der Waals surface area contributed by atoms with Gasteiger partial charge in [-0.1, -0.05) is 17.3 Å². The van der Waals surface area contributed by atoms with Crippen molar-refractivity contribution in [1.82, 2.24) is 5.16 Å². The molecule has 0 atom stereocenters. The fourth-order valence-electron chi connectivity index (χ4n) is 1.27. The van der Waals surface area contributed by atoms with Crippen LogP contribution in [0, 0.1) is 0 Å². The number of aliphatic hydroxyl groups is 1. The highest BCUT2D eigenvalue weighted by Crippen LogP contribution is 2.12. The van der Waals surface area contributed by atoms with Crippen LogP contribution in [0.15, 0.2) is 41.1 Å². The van der Waals surface area contributed by atoms with Crippen molar-refractivity contribution in [1.29, 1.82) is 0 Å². The summed E-state index contributed by atoms with van der Waals surface area (Å²) in [5.74, 6) is -0.220. The van der Waals surface area contributed by atoms with E-state index in [4.69, 9.17) is 9.63 Å². The highest BCUT2D eigenvalue weighted by molar-refractivity contribution is 6.02. The summed E-state index contributed by atoms with van der Waals surface area (Å²) in [4.78, 5) is 11.6. The highest BCUT2D eigenvalue weighted by Gasteiger charge is 2.09. The van der Waals surface area contributed by atoms with Crippen molar-refractivity contribution < 1.29 is 14.4 Å². The maximum absolute atomic E-state index is 11.6. The van der Waals surface area contributed by atoms with Gasteiger partial charge in [0.1, 0.15) is 0 Å². The van der Waals surface area contributed by atoms with Gasteiger partial charge in [0.2, 0.25) is 5.76 Å². The second kappa shape index (κ2) is 4.59. The fourth-order valence-corrected chi connectivity index (χ4v) is 1.27. The number of aromatic nitrogens is 1. The second-order valence-electron chi connectivity index (χ2n) is 3.19. The molecule has 2 aromatic rings. The Morgan fingerprint density at radius 3 is 3.00 bits per heavy atom. The lowest BCUT2D eigenvalue weighted by Gasteiger charge is -2.03. The molecule has 0 aliphatic carbocycles. The van der Waals surface area contributed by atoms with E-state index in [-0.39, 0.29) is 18.3 Å². The van der Waals surface area contributed by atoms with Gasteiger partial charge >= 0.3 is 0 Å². The smallest absolute Gasteiger partial charge is 0.294 e. The van der Waals surface area contributed by atoms with Crippen LogP contribution >= 0.6 is 0 Å². The number of anilines is 1. The van der Waals surface area contributed by atoms with Crippen molar-refractivity contribution in [3.63, 3.8) is 0 Å². The van der Waals surface area contributed by atoms with Gasteiger partial charge in [-0.2, -0.15) is 0 Å². The Kier molecular flexibility index (Phi) is 2.98. The lowest BCUT2D eigenvalue weighted by Crippen LogP contribution is -2.10. The number of aliphatic hydroxyl groups excluding tert-OH is 1. The Hall–Kier alpha value is -2.14. The number of carbonyl (C=O) groups excluding carboxylic acids is 1. The Morgan fingerprint density at radius 2 is 2.31 bits per heavy atom. The summed E-state index contributed by atoms with van der Waals surface area (Å²) in [5.41, 5.74) is 1.34. The molecular weight excluding hydrogens is 208 g/mol. The molecule has 0 saturated carbocycles. The summed E-state index contributed by atoms with van der Waals surface area (Å²) in [5, 5.41) is 15.0. The summed E-state index contributed by atoms with van der Waals surface area (Å²) in [6.07, 6.45) is 1.40. The monoisotopic (exact) mass is 218 g/mol. The van der Waals surface area contributed by atoms with Crippen molar-refractivity contribution in [3.05, 3.63) is 47.9 Å². The van der Waals surface area contributed by atoms with E-state index in [2.05, 4.69) is 10.5 Å². The Labute approximate surface area is 91.7 Å². The SMILES string of the molecule is O=C(Nc1cccc(CO)c1)c1ccno1. The van der Waals surface area contributed by atoms with E-state index in [1.807, 2.05) is 0 Å². The predicted molar refractivity (Wildman–Crippen MR) is 56.8 cm³/mol. The first-order valence-electron chi connectivity index (χ1n) is 4.71. The number of benzene rings is 1. The first-order valence-corrected chi connectivity index (χ1v) is 4.71. The van der Waals surface area contributed by atoms with Crippen LogP contribution < -0.4 is 5.32 Å². The molecule has 0 aliphatic rings. The number of carbonyl (C=O) groups is 1. The minimum absolute atomic E-state index is 0.0635. The zero-order valence-electron chi connectivity index (χ0n) is 8.38. The van der Waals surface area contributed by atoms with Crippen LogP contribution in [-0.2, 0) is 6.61 Å². The highest BCUT2D eigenvalue weighted by atomic mass is 16.5. The third-order valence-electron chi connectivity index (χ3n) is 2.03. The molecule has 0 unspecified atom stereocenters. The minimum Gasteiger partial charge on any atom is -0.392 e. The molecule has 1 heterocycles. The van der Waals surface area contributed by atoms with E-state index in [1.165, 1.54) is 12.3 Å². The van der Waals surface area contributed by atoms with Crippen LogP contribution in [0.4, 0.5) is 5.69 Å². The topological polar surface area (TPSA) is 75.4 Å². The van der Waals surface area contributed by atoms with Gasteiger partial charge in [-0.05, 0) is 17.7 Å². The molecule has 1 aromatic heterocycles. The van der Waals surface area contributed by atoms with E-state index in [0.717, 1.165) is 5.56 Å². The van der Waals surface area contributed by atoms with E-state index in [1.54, 1.807) is 24.3 Å². The summed E-state index contributed by atoms with van der Waals surface area (Å²) in [6, 6.07) is 8.42. The maximum Gasteiger partial charge on any atom is 0.294 e. The Morgan fingerprint density at radius 1 is 1.44 bits per heavy atom. The average Bonchev–Trinajstić information content (AvgIpc) is 2.83. The van der Waals surface area contributed by atoms with E-state index < -0.39 is 0 Å². The molecule has 0 radical (unpaired) electrons. The third-order valence-corrected chi connectivity index (χ3v) is 2.03. The third kappa shape index (κ3) is 2.26. The zero-order valence-corrected chi connectivity index (χ0v) is 8.38. The number of hydrogen-bond donors (Lipinski definition) is 2. The van der Waals surface area contributed by atoms with Crippen molar-refractivity contribution in [2.24, 2.45) is 0 Å². The molecule has 0 fully saturated rings. The maximum atomic E-state index is 11.6. The normalized spacial score (nSPS) is 10.1. The molecule has 0 saturated heterocycles. The predicted octanol–water partition coefficient (Wildman–Crippen LogP) is 1.42. The quantitative estimate of drug-likeness (QED) is 0.816. The minimum atomic E-state index is -0.368. The van der Waals surface area contributed by atoms with Gasteiger partial charge < -0.3 is 14.9 Å². The van der Waals surface area contributed by atoms with Gasteiger partial charge in [-0.25, -0.2) is 0 Å². The Balaban J connectivity index is 2.12. The molecule has 5 nitrogen and oxygen atoms in total.